The van der Waals surface area contributed by atoms with Gasteiger partial charge in [-0.1, -0.05) is 0 Å². The molecule has 0 aromatic heterocycles. The second-order valence-electron chi connectivity index (χ2n) is 1.96. The molecule has 2 fully saturated rings. The highest BCUT2D eigenvalue weighted by atomic mass is 16.6. The number of hydrogen-bond donors (Lipinski definition) is 1. The molecule has 6 heavy (non-hydrogen) atoms. The van der Waals surface area contributed by atoms with Gasteiger partial charge in [-0.15, -0.1) is 0 Å². The maximum Gasteiger partial charge on any atom is 0.123 e. The Hall–Kier alpha value is -0.0800. The normalized spacial score (nSPS) is 36.0. The van der Waals surface area contributed by atoms with Crippen LogP contribution >= 0.6 is 0 Å². The van der Waals surface area contributed by atoms with Crippen molar-refractivity contribution in [3.63, 3.8) is 0 Å². The zero-order chi connectivity index (χ0) is 4.04. The standard InChI is InChI=1S/C4H7NO/c1-2-4(1)5-3-6-4/h5H,1-3H2. The van der Waals surface area contributed by atoms with E-state index in [1.54, 1.807) is 0 Å². The first kappa shape index (κ1) is 2.99. The van der Waals surface area contributed by atoms with Gasteiger partial charge in [-0.25, -0.2) is 0 Å². The zero-order valence-electron chi connectivity index (χ0n) is 3.53. The van der Waals surface area contributed by atoms with Gasteiger partial charge in [0.25, 0.3) is 0 Å². The molecule has 0 aromatic rings. The van der Waals surface area contributed by atoms with E-state index in [-0.39, 0.29) is 5.72 Å². The van der Waals surface area contributed by atoms with Crippen molar-refractivity contribution in [2.45, 2.75) is 18.6 Å². The van der Waals surface area contributed by atoms with Crippen molar-refractivity contribution in [3.8, 4) is 0 Å². The van der Waals surface area contributed by atoms with Gasteiger partial charge in [-0.3, -0.25) is 5.32 Å². The largest absolute Gasteiger partial charge is 0.345 e. The van der Waals surface area contributed by atoms with Crippen LogP contribution < -0.4 is 5.32 Å². The summed E-state index contributed by atoms with van der Waals surface area (Å²) in [5, 5.41) is 3.17. The van der Waals surface area contributed by atoms with E-state index in [2.05, 4.69) is 5.32 Å². The highest BCUT2D eigenvalue weighted by Gasteiger charge is 2.49. The van der Waals surface area contributed by atoms with Crippen LogP contribution in [0.2, 0.25) is 0 Å². The molecular weight excluding hydrogens is 78.0 g/mol. The van der Waals surface area contributed by atoms with Crippen LogP contribution in [0.1, 0.15) is 12.8 Å². The van der Waals surface area contributed by atoms with Crippen molar-refractivity contribution >= 4 is 0 Å². The molecule has 34 valence electrons. The van der Waals surface area contributed by atoms with Crippen LogP contribution in [-0.2, 0) is 4.74 Å². The molecule has 2 nitrogen and oxygen atoms in total. The monoisotopic (exact) mass is 85.1 g/mol. The molecule has 1 saturated heterocycles. The number of nitrogens with one attached hydrogen (secondary N) is 1. The second-order valence-corrected chi connectivity index (χ2v) is 1.96. The third-order valence-corrected chi connectivity index (χ3v) is 1.45. The van der Waals surface area contributed by atoms with Crippen molar-refractivity contribution in [2.75, 3.05) is 6.73 Å². The lowest BCUT2D eigenvalue weighted by Gasteiger charge is -2.27. The Bertz CT molecular complexity index is 71.6. The van der Waals surface area contributed by atoms with Crippen LogP contribution in [0.15, 0.2) is 0 Å². The van der Waals surface area contributed by atoms with Crippen molar-refractivity contribution in [1.29, 1.82) is 0 Å². The molecular formula is C4H7NO. The predicted octanol–water partition coefficient (Wildman–Crippen LogP) is 0.0538. The quantitative estimate of drug-likeness (QED) is 0.449. The molecule has 1 heterocycles. The fraction of sp³-hybridized carbons (Fsp3) is 1.00. The summed E-state index contributed by atoms with van der Waals surface area (Å²) in [7, 11) is 0. The molecule has 0 bridgehead atoms. The number of rotatable bonds is 0. The average Bonchev–Trinajstić information content (AvgIpc) is 2.02. The zero-order valence-corrected chi connectivity index (χ0v) is 3.53. The highest BCUT2D eigenvalue weighted by Crippen LogP contribution is 2.40. The molecule has 2 aliphatic rings. The van der Waals surface area contributed by atoms with Crippen LogP contribution in [0.5, 0.6) is 0 Å². The second kappa shape index (κ2) is 0.634. The first-order valence-corrected chi connectivity index (χ1v) is 2.30. The maximum atomic E-state index is 5.12. The predicted molar refractivity (Wildman–Crippen MR) is 21.1 cm³/mol. The Kier molecular flexibility index (Phi) is 0.316. The van der Waals surface area contributed by atoms with Crippen molar-refractivity contribution in [1.82, 2.24) is 5.32 Å². The third kappa shape index (κ3) is 0.200. The van der Waals surface area contributed by atoms with Crippen LogP contribution in [0.25, 0.3) is 0 Å². The van der Waals surface area contributed by atoms with E-state index in [1.807, 2.05) is 0 Å². The highest BCUT2D eigenvalue weighted by molar-refractivity contribution is 4.96. The fourth-order valence-corrected chi connectivity index (χ4v) is 0.711. The minimum absolute atomic E-state index is 0.222. The van der Waals surface area contributed by atoms with Gasteiger partial charge in [0.2, 0.25) is 0 Å². The summed E-state index contributed by atoms with van der Waals surface area (Å²) >= 11 is 0. The molecule has 0 radical (unpaired) electrons. The van der Waals surface area contributed by atoms with Gasteiger partial charge in [0.15, 0.2) is 0 Å². The van der Waals surface area contributed by atoms with E-state index in [0.717, 1.165) is 6.73 Å². The molecule has 1 saturated carbocycles. The lowest BCUT2D eigenvalue weighted by molar-refractivity contribution is -0.111. The molecule has 1 aliphatic carbocycles. The van der Waals surface area contributed by atoms with Crippen LogP contribution in [0, 0.1) is 0 Å². The summed E-state index contributed by atoms with van der Waals surface area (Å²) in [5.74, 6) is 0. The van der Waals surface area contributed by atoms with Gasteiger partial charge in [-0.2, -0.15) is 0 Å². The molecule has 2 rings (SSSR count). The third-order valence-electron chi connectivity index (χ3n) is 1.45. The van der Waals surface area contributed by atoms with E-state index < -0.39 is 0 Å². The Morgan fingerprint density at radius 1 is 1.50 bits per heavy atom. The van der Waals surface area contributed by atoms with Gasteiger partial charge in [-0.05, 0) is 12.8 Å². The molecule has 0 aromatic carbocycles. The van der Waals surface area contributed by atoms with E-state index in [1.165, 1.54) is 12.8 Å². The summed E-state index contributed by atoms with van der Waals surface area (Å²) in [6, 6.07) is 0. The van der Waals surface area contributed by atoms with Gasteiger partial charge in [0.05, 0.1) is 0 Å². The fourth-order valence-electron chi connectivity index (χ4n) is 0.711. The summed E-state index contributed by atoms with van der Waals surface area (Å²) in [5.41, 5.74) is 0.222. The van der Waals surface area contributed by atoms with E-state index >= 15 is 0 Å². The molecule has 0 unspecified atom stereocenters. The van der Waals surface area contributed by atoms with Crippen molar-refractivity contribution in [2.24, 2.45) is 0 Å². The van der Waals surface area contributed by atoms with Crippen molar-refractivity contribution < 1.29 is 4.74 Å². The maximum absolute atomic E-state index is 5.12. The SMILES string of the molecule is C1NC2(CC2)O1. The number of ether oxygens (including phenoxy) is 1. The summed E-state index contributed by atoms with van der Waals surface area (Å²) in [6.45, 7) is 0.778. The summed E-state index contributed by atoms with van der Waals surface area (Å²) in [4.78, 5) is 0. The van der Waals surface area contributed by atoms with Gasteiger partial charge in [0.1, 0.15) is 12.5 Å². The van der Waals surface area contributed by atoms with Crippen LogP contribution in [0.4, 0.5) is 0 Å². The smallest absolute Gasteiger partial charge is 0.123 e. The molecule has 0 amide bonds. The first-order valence-electron chi connectivity index (χ1n) is 2.30. The van der Waals surface area contributed by atoms with E-state index in [4.69, 9.17) is 4.74 Å². The first-order chi connectivity index (χ1) is 2.91. The summed E-state index contributed by atoms with van der Waals surface area (Å²) < 4.78 is 5.12. The lowest BCUT2D eigenvalue weighted by atomic mass is 10.5. The Balaban J connectivity index is 2.09. The minimum Gasteiger partial charge on any atom is -0.345 e. The van der Waals surface area contributed by atoms with Crippen molar-refractivity contribution in [3.05, 3.63) is 0 Å². The van der Waals surface area contributed by atoms with E-state index in [0.29, 0.717) is 0 Å². The molecule has 1 aliphatic heterocycles. The molecule has 2 heteroatoms. The topological polar surface area (TPSA) is 21.3 Å². The van der Waals surface area contributed by atoms with Gasteiger partial charge < -0.3 is 4.74 Å². The molecule has 0 atom stereocenters. The Labute approximate surface area is 36.5 Å². The lowest BCUT2D eigenvalue weighted by Crippen LogP contribution is -2.48. The van der Waals surface area contributed by atoms with Gasteiger partial charge >= 0.3 is 0 Å². The van der Waals surface area contributed by atoms with Crippen LogP contribution in [0.3, 0.4) is 0 Å². The Morgan fingerprint density at radius 2 is 2.17 bits per heavy atom. The molecule has 1 spiro atoms. The number of hydrogen-bond acceptors (Lipinski definition) is 2. The minimum atomic E-state index is 0.222. The van der Waals surface area contributed by atoms with Crippen LogP contribution in [-0.4, -0.2) is 12.5 Å². The molecule has 1 N–H and O–H groups in total. The Morgan fingerprint density at radius 3 is 2.17 bits per heavy atom. The van der Waals surface area contributed by atoms with Gasteiger partial charge in [0, 0.05) is 0 Å². The average molecular weight is 85.1 g/mol. The summed E-state index contributed by atoms with van der Waals surface area (Å²) in [6.07, 6.45) is 2.46. The van der Waals surface area contributed by atoms with E-state index in [9.17, 15) is 0 Å².